The zero-order chi connectivity index (χ0) is 18.2. The summed E-state index contributed by atoms with van der Waals surface area (Å²) in [4.78, 5) is 23.0. The number of hydrogen-bond donors (Lipinski definition) is 3. The fraction of sp³-hybridized carbons (Fsp3) is 0. The van der Waals surface area contributed by atoms with E-state index >= 15 is 0 Å². The minimum absolute atomic E-state index is 0. The van der Waals surface area contributed by atoms with E-state index < -0.39 is 31.5 Å². The van der Waals surface area contributed by atoms with Crippen LogP contribution in [0.15, 0.2) is 63.0 Å². The van der Waals surface area contributed by atoms with Crippen molar-refractivity contribution in [3.8, 4) is 5.75 Å². The summed E-state index contributed by atoms with van der Waals surface area (Å²) in [5.74, 6) is -0.698. The van der Waals surface area contributed by atoms with Gasteiger partial charge in [0.05, 0.1) is 10.6 Å². The Bertz CT molecular complexity index is 1130. The van der Waals surface area contributed by atoms with Crippen LogP contribution in [0.1, 0.15) is 0 Å². The Morgan fingerprint density at radius 1 is 0.815 bits per heavy atom. The smallest absolute Gasteiger partial charge is 0.560 e. The number of aromatic hydroxyl groups is 1. The molecule has 0 amide bonds. The van der Waals surface area contributed by atoms with E-state index in [2.05, 4.69) is 10.6 Å². The number of hydrogen-bond acceptors (Lipinski definition) is 7. The molecule has 0 bridgehead atoms. The van der Waals surface area contributed by atoms with E-state index in [1.54, 1.807) is 30.3 Å². The van der Waals surface area contributed by atoms with Crippen molar-refractivity contribution < 1.29 is 130 Å². The summed E-state index contributed by atoms with van der Waals surface area (Å²) in [6.07, 6.45) is 0. The summed E-state index contributed by atoms with van der Waals surface area (Å²) in [5, 5.41) is 22.4. The third-order valence-electron chi connectivity index (χ3n) is 3.50. The Hall–Kier alpha value is 0.440. The number of phenols is 1. The molecule has 0 unspecified atom stereocenters. The molecule has 128 valence electrons. The minimum atomic E-state index is -4.39. The minimum Gasteiger partial charge on any atom is -0.560 e. The van der Waals surface area contributed by atoms with Crippen molar-refractivity contribution in [2.75, 3.05) is 10.6 Å². The summed E-state index contributed by atoms with van der Waals surface area (Å²) >= 11 is 0. The molecule has 3 aromatic carbocycles. The Balaban J connectivity index is 0.00000182. The standard InChI is InChI=1S/C16H13N3O5S.2Rb/c17-25(23,24)11-8-4-7-10(14(11)20)19-13-12(15(21)16(13)22)18-9-5-2-1-3-6-9;;/h1-8H,(H5,17,18,19,20,21,22,23,24);;/q;2*+1/p-1. The van der Waals surface area contributed by atoms with Gasteiger partial charge in [0, 0.05) is 5.69 Å². The molecule has 0 fully saturated rings. The first-order valence-corrected chi connectivity index (χ1v) is 8.51. The molecule has 4 N–H and O–H groups in total. The van der Waals surface area contributed by atoms with Gasteiger partial charge in [0.15, 0.2) is 5.75 Å². The van der Waals surface area contributed by atoms with Crippen LogP contribution in [-0.2, 0) is 10.0 Å². The van der Waals surface area contributed by atoms with Crippen LogP contribution < -0.4 is 138 Å². The second kappa shape index (κ2) is 10.5. The molecule has 3 aromatic rings. The van der Waals surface area contributed by atoms with E-state index in [1.807, 2.05) is 0 Å². The van der Waals surface area contributed by atoms with Gasteiger partial charge in [-0.25, -0.2) is 8.42 Å². The van der Waals surface area contributed by atoms with Crippen molar-refractivity contribution in [2.45, 2.75) is 4.90 Å². The molecule has 0 aliphatic carbocycles. The van der Waals surface area contributed by atoms with E-state index in [0.29, 0.717) is 5.69 Å². The van der Waals surface area contributed by atoms with Gasteiger partial charge in [-0.1, -0.05) is 24.3 Å². The molecule has 0 aromatic heterocycles. The summed E-state index contributed by atoms with van der Waals surface area (Å²) < 4.78 is 22.7. The molecule has 0 radical (unpaired) electrons. The molecule has 27 heavy (non-hydrogen) atoms. The van der Waals surface area contributed by atoms with Crippen molar-refractivity contribution >= 4 is 32.8 Å². The summed E-state index contributed by atoms with van der Waals surface area (Å²) in [6, 6.07) is 12.4. The van der Waals surface area contributed by atoms with Gasteiger partial charge < -0.3 is 20.9 Å². The quantitative estimate of drug-likeness (QED) is 0.228. The fourth-order valence-electron chi connectivity index (χ4n) is 2.27. The van der Waals surface area contributed by atoms with Crippen LogP contribution in [0, 0.1) is 0 Å². The monoisotopic (exact) mass is 528 g/mol. The normalized spacial score (nSPS) is 10.6. The Morgan fingerprint density at radius 2 is 1.37 bits per heavy atom. The van der Waals surface area contributed by atoms with Crippen molar-refractivity contribution in [1.82, 2.24) is 0 Å². The predicted molar refractivity (Wildman–Crippen MR) is 94.0 cm³/mol. The SMILES string of the molecule is [NH-]S(=O)(=O)c1cccc(Nc2c(Nc3ccccc3)c(=O)c2=O)c1O.[Rb+].[Rb+]. The van der Waals surface area contributed by atoms with Crippen molar-refractivity contribution in [3.05, 3.63) is 74.1 Å². The number of phenolic OH excluding ortho intramolecular Hbond substituents is 1. The van der Waals surface area contributed by atoms with Crippen molar-refractivity contribution in [1.29, 1.82) is 0 Å². The molecule has 3 rings (SSSR count). The number of rotatable bonds is 5. The van der Waals surface area contributed by atoms with Gasteiger partial charge in [-0.15, -0.1) is 0 Å². The van der Waals surface area contributed by atoms with Crippen LogP contribution >= 0.6 is 0 Å². The van der Waals surface area contributed by atoms with Crippen molar-refractivity contribution in [2.24, 2.45) is 0 Å². The van der Waals surface area contributed by atoms with Crippen LogP contribution in [0.25, 0.3) is 5.14 Å². The van der Waals surface area contributed by atoms with Gasteiger partial charge in [0.25, 0.3) is 10.9 Å². The van der Waals surface area contributed by atoms with E-state index in [4.69, 9.17) is 5.14 Å². The topological polar surface area (TPSA) is 136 Å². The molecule has 8 nitrogen and oxygen atoms in total. The third kappa shape index (κ3) is 5.74. The summed E-state index contributed by atoms with van der Waals surface area (Å²) in [6.45, 7) is 0. The molecular weight excluding hydrogens is 517 g/mol. The second-order valence-corrected chi connectivity index (χ2v) is 6.63. The summed E-state index contributed by atoms with van der Waals surface area (Å²) in [7, 11) is -4.39. The second-order valence-electron chi connectivity index (χ2n) is 5.18. The molecular formula is C16H12N3O5Rb2S+. The molecule has 11 heteroatoms. The molecule has 0 heterocycles. The average Bonchev–Trinajstić information content (AvgIpc) is 2.58. The van der Waals surface area contributed by atoms with Crippen molar-refractivity contribution in [3.63, 3.8) is 0 Å². The van der Waals surface area contributed by atoms with Crippen LogP contribution in [0.4, 0.5) is 22.7 Å². The molecule has 0 saturated carbocycles. The maximum Gasteiger partial charge on any atom is 1.00 e. The molecule has 0 spiro atoms. The largest absolute Gasteiger partial charge is 1.00 e. The predicted octanol–water partition coefficient (Wildman–Crippen LogP) is -3.78. The molecule has 0 aliphatic rings. The van der Waals surface area contributed by atoms with E-state index in [0.717, 1.165) is 6.07 Å². The number of nitrogens with one attached hydrogen (secondary N) is 3. The van der Waals surface area contributed by atoms with E-state index in [-0.39, 0.29) is 133 Å². The first-order valence-electron chi connectivity index (χ1n) is 7.03. The van der Waals surface area contributed by atoms with Crippen LogP contribution in [0.3, 0.4) is 0 Å². The maximum absolute atomic E-state index is 11.8. The zero-order valence-corrected chi connectivity index (χ0v) is 25.3. The number of benzene rings is 2. The summed E-state index contributed by atoms with van der Waals surface area (Å²) in [5.41, 5.74) is -1.12. The van der Waals surface area contributed by atoms with Crippen LogP contribution in [-0.4, -0.2) is 13.5 Å². The Labute approximate surface area is 252 Å². The maximum atomic E-state index is 11.8. The van der Waals surface area contributed by atoms with Gasteiger partial charge in [-0.05, 0) is 24.3 Å². The van der Waals surface area contributed by atoms with Crippen LogP contribution in [0.2, 0.25) is 0 Å². The van der Waals surface area contributed by atoms with Gasteiger partial charge in [0.1, 0.15) is 21.4 Å². The number of para-hydroxylation sites is 2. The van der Waals surface area contributed by atoms with Gasteiger partial charge in [-0.3, -0.25) is 9.59 Å². The van der Waals surface area contributed by atoms with Crippen LogP contribution in [0.5, 0.6) is 5.75 Å². The first-order chi connectivity index (χ1) is 11.8. The van der Waals surface area contributed by atoms with E-state index in [9.17, 15) is 23.1 Å². The fourth-order valence-corrected chi connectivity index (χ4v) is 2.89. The first kappa shape index (κ1) is 25.5. The zero-order valence-electron chi connectivity index (χ0n) is 14.6. The molecule has 0 aliphatic heterocycles. The van der Waals surface area contributed by atoms with Gasteiger partial charge in [-0.2, -0.15) is 0 Å². The molecule has 0 saturated heterocycles. The Kier molecular flexibility index (Phi) is 9.87. The number of anilines is 4. The third-order valence-corrected chi connectivity index (χ3v) is 4.41. The molecule has 0 atom stereocenters. The average molecular weight is 529 g/mol. The van der Waals surface area contributed by atoms with Gasteiger partial charge in [0.2, 0.25) is 0 Å². The Morgan fingerprint density at radius 3 is 1.93 bits per heavy atom. The number of sulfonamides is 1. The van der Waals surface area contributed by atoms with E-state index in [1.165, 1.54) is 12.1 Å². The van der Waals surface area contributed by atoms with Gasteiger partial charge >= 0.3 is 116 Å².